The standard InChI is InChI=1S/C10H14N2O3S/c1-6(10(14)15)3-7(2)12-9(13)8-4-16-5-11-8/h4-7H,3H2,1-2H3,(H,12,13)(H,14,15)/t6-,7-/m0/s1. The van der Waals surface area contributed by atoms with E-state index < -0.39 is 11.9 Å². The van der Waals surface area contributed by atoms with E-state index in [0.717, 1.165) is 0 Å². The van der Waals surface area contributed by atoms with Gasteiger partial charge >= 0.3 is 5.97 Å². The van der Waals surface area contributed by atoms with Gasteiger partial charge in [0.2, 0.25) is 0 Å². The highest BCUT2D eigenvalue weighted by Gasteiger charge is 2.17. The van der Waals surface area contributed by atoms with Gasteiger partial charge in [-0.3, -0.25) is 9.59 Å². The molecule has 0 unspecified atom stereocenters. The minimum absolute atomic E-state index is 0.180. The zero-order chi connectivity index (χ0) is 12.1. The Morgan fingerprint density at radius 3 is 2.75 bits per heavy atom. The third-order valence-electron chi connectivity index (χ3n) is 2.17. The summed E-state index contributed by atoms with van der Waals surface area (Å²) in [5.41, 5.74) is 1.96. The summed E-state index contributed by atoms with van der Waals surface area (Å²) >= 11 is 1.35. The maximum atomic E-state index is 11.6. The molecule has 0 spiro atoms. The SMILES string of the molecule is C[C@@H](C[C@H](C)C(=O)O)NC(=O)c1cscn1. The number of hydrogen-bond donors (Lipinski definition) is 2. The molecular formula is C10H14N2O3S. The summed E-state index contributed by atoms with van der Waals surface area (Å²) in [7, 11) is 0. The molecule has 0 aliphatic rings. The maximum absolute atomic E-state index is 11.6. The molecule has 1 aromatic rings. The molecule has 1 amide bonds. The highest BCUT2D eigenvalue weighted by Crippen LogP contribution is 2.07. The van der Waals surface area contributed by atoms with Crippen LogP contribution in [0.25, 0.3) is 0 Å². The lowest BCUT2D eigenvalue weighted by Crippen LogP contribution is -2.35. The lowest BCUT2D eigenvalue weighted by molar-refractivity contribution is -0.141. The first kappa shape index (κ1) is 12.6. The molecular weight excluding hydrogens is 228 g/mol. The second-order valence-corrected chi connectivity index (χ2v) is 4.44. The summed E-state index contributed by atoms with van der Waals surface area (Å²) in [6.45, 7) is 3.40. The molecule has 0 fully saturated rings. The fourth-order valence-corrected chi connectivity index (χ4v) is 1.84. The van der Waals surface area contributed by atoms with Gasteiger partial charge in [-0.2, -0.15) is 0 Å². The van der Waals surface area contributed by atoms with Gasteiger partial charge in [0.1, 0.15) is 5.69 Å². The van der Waals surface area contributed by atoms with Crippen LogP contribution in [-0.4, -0.2) is 28.0 Å². The van der Waals surface area contributed by atoms with E-state index in [4.69, 9.17) is 5.11 Å². The third-order valence-corrected chi connectivity index (χ3v) is 2.76. The number of nitrogens with zero attached hydrogens (tertiary/aromatic N) is 1. The van der Waals surface area contributed by atoms with E-state index in [9.17, 15) is 9.59 Å². The number of carbonyl (C=O) groups excluding carboxylic acids is 1. The molecule has 2 N–H and O–H groups in total. The number of carboxylic acids is 1. The molecule has 6 heteroatoms. The van der Waals surface area contributed by atoms with Crippen molar-refractivity contribution in [2.24, 2.45) is 5.92 Å². The topological polar surface area (TPSA) is 79.3 Å². The summed E-state index contributed by atoms with van der Waals surface area (Å²) in [6, 6.07) is -0.180. The van der Waals surface area contributed by atoms with Crippen LogP contribution in [0.1, 0.15) is 30.8 Å². The summed E-state index contributed by atoms with van der Waals surface area (Å²) in [4.78, 5) is 26.1. The maximum Gasteiger partial charge on any atom is 0.306 e. The molecule has 88 valence electrons. The highest BCUT2D eigenvalue weighted by molar-refractivity contribution is 7.07. The molecule has 0 aliphatic carbocycles. The van der Waals surface area contributed by atoms with Gasteiger partial charge in [0, 0.05) is 11.4 Å². The fraction of sp³-hybridized carbons (Fsp3) is 0.500. The number of aliphatic carboxylic acids is 1. The monoisotopic (exact) mass is 242 g/mol. The molecule has 0 radical (unpaired) electrons. The van der Waals surface area contributed by atoms with Crippen LogP contribution >= 0.6 is 11.3 Å². The largest absolute Gasteiger partial charge is 0.481 e. The van der Waals surface area contributed by atoms with Crippen molar-refractivity contribution >= 4 is 23.2 Å². The van der Waals surface area contributed by atoms with Crippen molar-refractivity contribution in [3.05, 3.63) is 16.6 Å². The van der Waals surface area contributed by atoms with Gasteiger partial charge in [0.25, 0.3) is 5.91 Å². The zero-order valence-corrected chi connectivity index (χ0v) is 9.95. The molecule has 0 saturated heterocycles. The second kappa shape index (κ2) is 5.60. The van der Waals surface area contributed by atoms with Gasteiger partial charge in [-0.15, -0.1) is 11.3 Å². The molecule has 0 aromatic carbocycles. The summed E-state index contributed by atoms with van der Waals surface area (Å²) in [5, 5.41) is 13.1. The number of amides is 1. The van der Waals surface area contributed by atoms with Crippen molar-refractivity contribution < 1.29 is 14.7 Å². The van der Waals surface area contributed by atoms with Crippen molar-refractivity contribution in [1.82, 2.24) is 10.3 Å². The first-order valence-electron chi connectivity index (χ1n) is 4.92. The van der Waals surface area contributed by atoms with Crippen molar-refractivity contribution in [1.29, 1.82) is 0 Å². The van der Waals surface area contributed by atoms with E-state index >= 15 is 0 Å². The van der Waals surface area contributed by atoms with Gasteiger partial charge in [-0.25, -0.2) is 4.98 Å². The van der Waals surface area contributed by atoms with Crippen molar-refractivity contribution in [2.45, 2.75) is 26.3 Å². The minimum atomic E-state index is -0.852. The van der Waals surface area contributed by atoms with E-state index in [2.05, 4.69) is 10.3 Å². The van der Waals surface area contributed by atoms with E-state index in [1.54, 1.807) is 24.7 Å². The predicted octanol–water partition coefficient (Wildman–Crippen LogP) is 1.37. The van der Waals surface area contributed by atoms with Crippen molar-refractivity contribution in [3.8, 4) is 0 Å². The van der Waals surface area contributed by atoms with Crippen LogP contribution in [0, 0.1) is 5.92 Å². The molecule has 1 rings (SSSR count). The van der Waals surface area contributed by atoms with Crippen LogP contribution in [0.2, 0.25) is 0 Å². The van der Waals surface area contributed by atoms with Crippen LogP contribution in [0.5, 0.6) is 0 Å². The van der Waals surface area contributed by atoms with Crippen LogP contribution in [0.3, 0.4) is 0 Å². The molecule has 5 nitrogen and oxygen atoms in total. The van der Waals surface area contributed by atoms with Crippen LogP contribution < -0.4 is 5.32 Å². The number of nitrogens with one attached hydrogen (secondary N) is 1. The Bertz CT molecular complexity index is 364. The predicted molar refractivity (Wildman–Crippen MR) is 60.5 cm³/mol. The van der Waals surface area contributed by atoms with Crippen LogP contribution in [0.4, 0.5) is 0 Å². The molecule has 1 aromatic heterocycles. The Morgan fingerprint density at radius 1 is 1.56 bits per heavy atom. The fourth-order valence-electron chi connectivity index (χ4n) is 1.31. The minimum Gasteiger partial charge on any atom is -0.481 e. The first-order valence-corrected chi connectivity index (χ1v) is 5.87. The van der Waals surface area contributed by atoms with Crippen molar-refractivity contribution in [3.63, 3.8) is 0 Å². The smallest absolute Gasteiger partial charge is 0.306 e. The van der Waals surface area contributed by atoms with Gasteiger partial charge in [-0.05, 0) is 13.3 Å². The number of rotatable bonds is 5. The Hall–Kier alpha value is -1.43. The molecule has 0 saturated carbocycles. The van der Waals surface area contributed by atoms with Crippen LogP contribution in [0.15, 0.2) is 10.9 Å². The summed E-state index contributed by atoms with van der Waals surface area (Å²) < 4.78 is 0. The Morgan fingerprint density at radius 2 is 2.25 bits per heavy atom. The summed E-state index contributed by atoms with van der Waals surface area (Å²) in [5.74, 6) is -1.58. The van der Waals surface area contributed by atoms with Crippen LogP contribution in [-0.2, 0) is 4.79 Å². The lowest BCUT2D eigenvalue weighted by Gasteiger charge is -2.15. The number of carbonyl (C=O) groups is 2. The average molecular weight is 242 g/mol. The average Bonchev–Trinajstić information content (AvgIpc) is 2.69. The van der Waals surface area contributed by atoms with E-state index in [-0.39, 0.29) is 11.9 Å². The van der Waals surface area contributed by atoms with Gasteiger partial charge in [0.05, 0.1) is 11.4 Å². The number of carboxylic acid groups (broad SMARTS) is 1. The van der Waals surface area contributed by atoms with E-state index in [0.29, 0.717) is 12.1 Å². The molecule has 0 aliphatic heterocycles. The van der Waals surface area contributed by atoms with E-state index in [1.165, 1.54) is 11.3 Å². The lowest BCUT2D eigenvalue weighted by atomic mass is 10.0. The van der Waals surface area contributed by atoms with Gasteiger partial charge in [-0.1, -0.05) is 6.92 Å². The molecule has 1 heterocycles. The Kier molecular flexibility index (Phi) is 4.42. The molecule has 2 atom stereocenters. The number of thiazole rings is 1. The van der Waals surface area contributed by atoms with Gasteiger partial charge in [0.15, 0.2) is 0 Å². The van der Waals surface area contributed by atoms with Gasteiger partial charge < -0.3 is 10.4 Å². The number of aromatic nitrogens is 1. The first-order chi connectivity index (χ1) is 7.50. The number of hydrogen-bond acceptors (Lipinski definition) is 4. The third kappa shape index (κ3) is 3.62. The quantitative estimate of drug-likeness (QED) is 0.817. The second-order valence-electron chi connectivity index (χ2n) is 3.72. The summed E-state index contributed by atoms with van der Waals surface area (Å²) in [6.07, 6.45) is 0.408. The molecule has 16 heavy (non-hydrogen) atoms. The van der Waals surface area contributed by atoms with E-state index in [1.807, 2.05) is 0 Å². The molecule has 0 bridgehead atoms. The normalized spacial score (nSPS) is 14.1. The van der Waals surface area contributed by atoms with Crippen molar-refractivity contribution in [2.75, 3.05) is 0 Å². The Labute approximate surface area is 97.5 Å². The zero-order valence-electron chi connectivity index (χ0n) is 9.14. The highest BCUT2D eigenvalue weighted by atomic mass is 32.1. The Balaban J connectivity index is 2.43.